The first-order valence-electron chi connectivity index (χ1n) is 5.61. The molecule has 0 radical (unpaired) electrons. The van der Waals surface area contributed by atoms with Gasteiger partial charge in [0.2, 0.25) is 0 Å². The fourth-order valence-corrected chi connectivity index (χ4v) is 1.61. The van der Waals surface area contributed by atoms with Gasteiger partial charge in [0.05, 0.1) is 11.0 Å². The van der Waals surface area contributed by atoms with Crippen LogP contribution in [0.2, 0.25) is 0 Å². The molecule has 0 saturated heterocycles. The zero-order chi connectivity index (χ0) is 14.7. The molecule has 0 aliphatic carbocycles. The van der Waals surface area contributed by atoms with E-state index >= 15 is 0 Å². The predicted octanol–water partition coefficient (Wildman–Crippen LogP) is 3.12. The summed E-state index contributed by atoms with van der Waals surface area (Å²) in [6.07, 6.45) is 0. The molecule has 0 bridgehead atoms. The summed E-state index contributed by atoms with van der Waals surface area (Å²) in [4.78, 5) is 9.76. The molecule has 0 fully saturated rings. The second kappa shape index (κ2) is 5.62. The number of nitrogens with zero attached hydrogens (tertiary/aromatic N) is 1. The van der Waals surface area contributed by atoms with Crippen molar-refractivity contribution in [1.82, 2.24) is 0 Å². The number of nitro groups is 1. The first kappa shape index (κ1) is 13.9. The van der Waals surface area contributed by atoms with E-state index in [1.54, 1.807) is 0 Å². The van der Waals surface area contributed by atoms with Crippen LogP contribution in [0.5, 0.6) is 11.5 Å². The second-order valence-electron chi connectivity index (χ2n) is 3.97. The molecule has 2 rings (SSSR count). The van der Waals surface area contributed by atoms with Crippen LogP contribution in [-0.2, 0) is 6.54 Å². The highest BCUT2D eigenvalue weighted by Crippen LogP contribution is 2.28. The molecule has 2 N–H and O–H groups in total. The maximum Gasteiger partial charge on any atom is 0.272 e. The molecule has 0 spiro atoms. The Morgan fingerprint density at radius 2 is 1.95 bits per heavy atom. The van der Waals surface area contributed by atoms with Gasteiger partial charge >= 0.3 is 0 Å². The lowest BCUT2D eigenvalue weighted by Crippen LogP contribution is -1.98. The van der Waals surface area contributed by atoms with Crippen LogP contribution in [0.3, 0.4) is 0 Å². The first-order valence-corrected chi connectivity index (χ1v) is 5.61. The van der Waals surface area contributed by atoms with Crippen LogP contribution in [0, 0.1) is 21.7 Å². The molecule has 5 nitrogen and oxygen atoms in total. The Kier molecular flexibility index (Phi) is 3.90. The SMILES string of the molecule is NCc1cc(F)cc(Oc2ccc([N+](=O)[O-])cc2F)c1. The van der Waals surface area contributed by atoms with E-state index in [1.165, 1.54) is 12.1 Å². The molecule has 104 valence electrons. The fraction of sp³-hybridized carbons (Fsp3) is 0.0769. The molecule has 2 aromatic rings. The average molecular weight is 280 g/mol. The molecule has 0 aliphatic heterocycles. The molecule has 2 aromatic carbocycles. The number of rotatable bonds is 4. The van der Waals surface area contributed by atoms with E-state index in [4.69, 9.17) is 10.5 Å². The van der Waals surface area contributed by atoms with E-state index in [-0.39, 0.29) is 18.0 Å². The van der Waals surface area contributed by atoms with Crippen molar-refractivity contribution in [3.63, 3.8) is 0 Å². The minimum Gasteiger partial charge on any atom is -0.454 e. The van der Waals surface area contributed by atoms with Crippen LogP contribution in [-0.4, -0.2) is 4.92 Å². The van der Waals surface area contributed by atoms with Gasteiger partial charge in [-0.1, -0.05) is 0 Å². The van der Waals surface area contributed by atoms with Gasteiger partial charge in [-0.2, -0.15) is 0 Å². The van der Waals surface area contributed by atoms with Crippen molar-refractivity contribution in [2.45, 2.75) is 6.54 Å². The quantitative estimate of drug-likeness (QED) is 0.689. The van der Waals surface area contributed by atoms with Gasteiger partial charge in [-0.05, 0) is 23.8 Å². The summed E-state index contributed by atoms with van der Waals surface area (Å²) >= 11 is 0. The molecule has 0 atom stereocenters. The van der Waals surface area contributed by atoms with Gasteiger partial charge in [-0.25, -0.2) is 8.78 Å². The number of hydrogen-bond donors (Lipinski definition) is 1. The van der Waals surface area contributed by atoms with E-state index in [0.717, 1.165) is 24.3 Å². The monoisotopic (exact) mass is 280 g/mol. The van der Waals surface area contributed by atoms with Crippen molar-refractivity contribution in [1.29, 1.82) is 0 Å². The third-order valence-electron chi connectivity index (χ3n) is 2.52. The molecule has 0 aliphatic rings. The highest BCUT2D eigenvalue weighted by atomic mass is 19.1. The van der Waals surface area contributed by atoms with Crippen molar-refractivity contribution in [2.24, 2.45) is 5.73 Å². The van der Waals surface area contributed by atoms with Crippen molar-refractivity contribution in [2.75, 3.05) is 0 Å². The zero-order valence-electron chi connectivity index (χ0n) is 10.2. The minimum absolute atomic E-state index is 0.0678. The number of non-ortho nitro benzene ring substituents is 1. The first-order chi connectivity index (χ1) is 9.49. The minimum atomic E-state index is -0.905. The highest BCUT2D eigenvalue weighted by molar-refractivity contribution is 5.40. The van der Waals surface area contributed by atoms with Gasteiger partial charge in [0.15, 0.2) is 11.6 Å². The number of ether oxygens (including phenoxy) is 1. The Labute approximate surface area is 112 Å². The van der Waals surface area contributed by atoms with Gasteiger partial charge in [0.25, 0.3) is 5.69 Å². The summed E-state index contributed by atoms with van der Waals surface area (Å²) in [5.41, 5.74) is 5.49. The standard InChI is InChI=1S/C13H10F2N2O3/c14-9-3-8(7-16)4-11(5-9)20-13-2-1-10(17(18)19)6-12(13)15/h1-6H,7,16H2. The Balaban J connectivity index is 2.30. The summed E-state index contributed by atoms with van der Waals surface area (Å²) in [5, 5.41) is 10.5. The summed E-state index contributed by atoms with van der Waals surface area (Å²) in [6, 6.07) is 6.71. The summed E-state index contributed by atoms with van der Waals surface area (Å²) < 4.78 is 32.1. The molecule has 20 heavy (non-hydrogen) atoms. The molecule has 0 amide bonds. The number of nitro benzene ring substituents is 1. The van der Waals surface area contributed by atoms with Crippen molar-refractivity contribution in [3.8, 4) is 11.5 Å². The number of hydrogen-bond acceptors (Lipinski definition) is 4. The lowest BCUT2D eigenvalue weighted by molar-refractivity contribution is -0.385. The molecule has 7 heteroatoms. The predicted molar refractivity (Wildman–Crippen MR) is 67.4 cm³/mol. The van der Waals surface area contributed by atoms with Gasteiger partial charge < -0.3 is 10.5 Å². The Bertz CT molecular complexity index is 662. The molecule has 0 heterocycles. The third-order valence-corrected chi connectivity index (χ3v) is 2.52. The lowest BCUT2D eigenvalue weighted by Gasteiger charge is -2.08. The van der Waals surface area contributed by atoms with E-state index in [2.05, 4.69) is 0 Å². The van der Waals surface area contributed by atoms with E-state index in [1.807, 2.05) is 0 Å². The van der Waals surface area contributed by atoms with Crippen LogP contribution in [0.25, 0.3) is 0 Å². The fourth-order valence-electron chi connectivity index (χ4n) is 1.61. The van der Waals surface area contributed by atoms with Crippen LogP contribution >= 0.6 is 0 Å². The van der Waals surface area contributed by atoms with Gasteiger partial charge in [-0.3, -0.25) is 10.1 Å². The number of halogens is 2. The van der Waals surface area contributed by atoms with Crippen molar-refractivity contribution in [3.05, 3.63) is 63.7 Å². The van der Waals surface area contributed by atoms with E-state index in [0.29, 0.717) is 5.56 Å². The Morgan fingerprint density at radius 3 is 2.55 bits per heavy atom. The third kappa shape index (κ3) is 3.07. The van der Waals surface area contributed by atoms with Crippen LogP contribution < -0.4 is 10.5 Å². The maximum atomic E-state index is 13.6. The Hall–Kier alpha value is -2.54. The topological polar surface area (TPSA) is 78.4 Å². The lowest BCUT2D eigenvalue weighted by atomic mass is 10.2. The zero-order valence-corrected chi connectivity index (χ0v) is 10.2. The average Bonchev–Trinajstić information content (AvgIpc) is 2.40. The molecule has 0 saturated carbocycles. The largest absolute Gasteiger partial charge is 0.454 e. The van der Waals surface area contributed by atoms with E-state index in [9.17, 15) is 18.9 Å². The summed E-state index contributed by atoms with van der Waals surface area (Å²) in [6.45, 7) is 0.108. The molecular formula is C13H10F2N2O3. The van der Waals surface area contributed by atoms with Gasteiger partial charge in [0.1, 0.15) is 11.6 Å². The number of benzene rings is 2. The van der Waals surface area contributed by atoms with E-state index < -0.39 is 22.2 Å². The molecule has 0 aromatic heterocycles. The Morgan fingerprint density at radius 1 is 1.20 bits per heavy atom. The smallest absolute Gasteiger partial charge is 0.272 e. The molecular weight excluding hydrogens is 270 g/mol. The van der Waals surface area contributed by atoms with Crippen LogP contribution in [0.4, 0.5) is 14.5 Å². The van der Waals surface area contributed by atoms with Crippen molar-refractivity contribution >= 4 is 5.69 Å². The van der Waals surface area contributed by atoms with Crippen molar-refractivity contribution < 1.29 is 18.4 Å². The van der Waals surface area contributed by atoms with Gasteiger partial charge in [0, 0.05) is 18.7 Å². The highest BCUT2D eigenvalue weighted by Gasteiger charge is 2.12. The molecule has 0 unspecified atom stereocenters. The summed E-state index contributed by atoms with van der Waals surface area (Å²) in [5.74, 6) is -1.63. The second-order valence-corrected chi connectivity index (χ2v) is 3.97. The van der Waals surface area contributed by atoms with Crippen LogP contribution in [0.1, 0.15) is 5.56 Å². The number of nitrogens with two attached hydrogens (primary N) is 1. The normalized spacial score (nSPS) is 10.3. The van der Waals surface area contributed by atoms with Gasteiger partial charge in [-0.15, -0.1) is 0 Å². The van der Waals surface area contributed by atoms with Crippen LogP contribution in [0.15, 0.2) is 36.4 Å². The summed E-state index contributed by atoms with van der Waals surface area (Å²) in [7, 11) is 0. The maximum absolute atomic E-state index is 13.6.